The molecule has 0 aromatic heterocycles. The first kappa shape index (κ1) is 61.2. The van der Waals surface area contributed by atoms with Crippen LogP contribution in [0, 0.1) is 0 Å². The monoisotopic (exact) mass is 906 g/mol. The quantitative estimate of drug-likeness (QED) is 0.0259. The molecule has 2 unspecified atom stereocenters. The highest BCUT2D eigenvalue weighted by Crippen LogP contribution is 2.14. The molecular formula is C57H95NO7. The molecule has 0 N–H and O–H groups in total. The minimum atomic E-state index is -1.13. The van der Waals surface area contributed by atoms with Gasteiger partial charge >= 0.3 is 11.9 Å². The van der Waals surface area contributed by atoms with E-state index in [2.05, 4.69) is 111 Å². The maximum atomic E-state index is 12.8. The van der Waals surface area contributed by atoms with Gasteiger partial charge in [-0.3, -0.25) is 9.59 Å². The lowest BCUT2D eigenvalue weighted by molar-refractivity contribution is -0.889. The molecular weight excluding hydrogens is 811 g/mol. The molecule has 0 bridgehead atoms. The molecule has 65 heavy (non-hydrogen) atoms. The lowest BCUT2D eigenvalue weighted by Crippen LogP contribution is -2.55. The van der Waals surface area contributed by atoms with Crippen LogP contribution in [0.15, 0.2) is 97.2 Å². The van der Waals surface area contributed by atoms with Crippen molar-refractivity contribution < 1.29 is 38.2 Å². The van der Waals surface area contributed by atoms with Crippen LogP contribution in [0.5, 0.6) is 0 Å². The number of unbranched alkanes of at least 4 members (excludes halogenated alkanes) is 15. The Kier molecular flexibility index (Phi) is 44.1. The molecule has 0 heterocycles. The summed E-state index contributed by atoms with van der Waals surface area (Å²) in [5.41, 5.74) is 0. The molecule has 2 atom stereocenters. The van der Waals surface area contributed by atoms with E-state index in [1.165, 1.54) is 64.2 Å². The van der Waals surface area contributed by atoms with Gasteiger partial charge in [-0.1, -0.05) is 175 Å². The molecule has 0 aliphatic heterocycles. The van der Waals surface area contributed by atoms with E-state index in [1.807, 2.05) is 0 Å². The molecule has 0 aromatic rings. The maximum Gasteiger partial charge on any atom is 0.306 e. The van der Waals surface area contributed by atoms with Gasteiger partial charge in [-0.2, -0.15) is 0 Å². The van der Waals surface area contributed by atoms with E-state index in [9.17, 15) is 19.5 Å². The third-order valence-corrected chi connectivity index (χ3v) is 11.0. The van der Waals surface area contributed by atoms with Gasteiger partial charge in [-0.25, -0.2) is 0 Å². The standard InChI is InChI=1S/C57H95NO7/c1-6-8-10-12-14-16-18-20-22-24-26-27-28-30-31-33-35-37-39-41-43-45-47-55(59)64-52-53(51-63-50-49-54(57(61)62)58(3,4)5)65-56(60)48-46-44-42-40-38-36-34-32-29-25-23-21-19-17-15-13-11-9-7-2/h9,11,14-17,20-23,26-27,29,32,36,38,53-54H,6-8,10,12-13,18-19,24-25,28,30-31,33-35,37,39-52H2,1-5H3/b11-9+,16-14+,17-15+,22-20+,23-21+,27-26+,32-29+,38-36+. The minimum Gasteiger partial charge on any atom is -0.544 e. The molecule has 0 aliphatic rings. The number of likely N-dealkylation sites (N-methyl/N-ethyl adjacent to an activating group) is 1. The SMILES string of the molecule is CC/C=C/C/C=C/C/C=C/C/C=C/C/C=C/CCCCCC(=O)OC(COCCC(C(=O)[O-])[N+](C)(C)C)COC(=O)CCCCCCCCCCC/C=C/C/C=C/C/C=C/CCCCC. The average Bonchev–Trinajstić information content (AvgIpc) is 3.27. The Labute approximate surface area is 398 Å². The van der Waals surface area contributed by atoms with Crippen LogP contribution in [-0.4, -0.2) is 75.5 Å². The van der Waals surface area contributed by atoms with E-state index in [1.54, 1.807) is 21.1 Å². The van der Waals surface area contributed by atoms with Gasteiger partial charge in [0.05, 0.1) is 40.3 Å². The molecule has 370 valence electrons. The fraction of sp³-hybridized carbons (Fsp3) is 0.667. The molecule has 0 saturated carbocycles. The van der Waals surface area contributed by atoms with Crippen LogP contribution < -0.4 is 5.11 Å². The van der Waals surface area contributed by atoms with Gasteiger partial charge < -0.3 is 28.6 Å². The first-order chi connectivity index (χ1) is 31.6. The van der Waals surface area contributed by atoms with Gasteiger partial charge in [-0.15, -0.1) is 0 Å². The van der Waals surface area contributed by atoms with E-state index >= 15 is 0 Å². The number of quaternary nitrogens is 1. The fourth-order valence-corrected chi connectivity index (χ4v) is 6.99. The summed E-state index contributed by atoms with van der Waals surface area (Å²) >= 11 is 0. The highest BCUT2D eigenvalue weighted by atomic mass is 16.6. The van der Waals surface area contributed by atoms with Crippen molar-refractivity contribution >= 4 is 17.9 Å². The zero-order valence-corrected chi connectivity index (χ0v) is 42.1. The third kappa shape index (κ3) is 45.2. The van der Waals surface area contributed by atoms with Gasteiger partial charge in [0, 0.05) is 19.3 Å². The lowest BCUT2D eigenvalue weighted by Gasteiger charge is -2.34. The Morgan fingerprint density at radius 1 is 0.477 bits per heavy atom. The molecule has 0 amide bonds. The molecule has 0 spiro atoms. The summed E-state index contributed by atoms with van der Waals surface area (Å²) in [7, 11) is 5.39. The zero-order valence-electron chi connectivity index (χ0n) is 42.1. The molecule has 0 aliphatic carbocycles. The van der Waals surface area contributed by atoms with Crippen LogP contribution in [0.3, 0.4) is 0 Å². The minimum absolute atomic E-state index is 0.0197. The molecule has 0 radical (unpaired) electrons. The summed E-state index contributed by atoms with van der Waals surface area (Å²) in [6.07, 6.45) is 62.9. The van der Waals surface area contributed by atoms with Gasteiger partial charge in [0.15, 0.2) is 6.10 Å². The number of hydrogen-bond donors (Lipinski definition) is 0. The van der Waals surface area contributed by atoms with Crippen LogP contribution in [0.1, 0.15) is 194 Å². The predicted octanol–water partition coefficient (Wildman–Crippen LogP) is 13.7. The smallest absolute Gasteiger partial charge is 0.306 e. The van der Waals surface area contributed by atoms with E-state index in [0.29, 0.717) is 12.8 Å². The Morgan fingerprint density at radius 2 is 0.862 bits per heavy atom. The van der Waals surface area contributed by atoms with Crippen LogP contribution in [-0.2, 0) is 28.6 Å². The number of nitrogens with zero attached hydrogens (tertiary/aromatic N) is 1. The van der Waals surface area contributed by atoms with E-state index in [0.717, 1.165) is 89.9 Å². The highest BCUT2D eigenvalue weighted by molar-refractivity contribution is 5.70. The number of carboxylic acids is 1. The number of rotatable bonds is 45. The summed E-state index contributed by atoms with van der Waals surface area (Å²) in [6, 6.07) is -0.739. The van der Waals surface area contributed by atoms with E-state index < -0.39 is 18.1 Å². The van der Waals surface area contributed by atoms with Crippen LogP contribution in [0.25, 0.3) is 0 Å². The normalized spacial score (nSPS) is 13.7. The second kappa shape index (κ2) is 46.8. The van der Waals surface area contributed by atoms with Crippen LogP contribution in [0.4, 0.5) is 0 Å². The average molecular weight is 906 g/mol. The van der Waals surface area contributed by atoms with Crippen molar-refractivity contribution in [1.82, 2.24) is 0 Å². The second-order valence-corrected chi connectivity index (χ2v) is 18.0. The number of esters is 2. The summed E-state index contributed by atoms with van der Waals surface area (Å²) < 4.78 is 17.2. The van der Waals surface area contributed by atoms with Crippen molar-refractivity contribution in [2.45, 2.75) is 206 Å². The summed E-state index contributed by atoms with van der Waals surface area (Å²) in [6.45, 7) is 4.48. The zero-order chi connectivity index (χ0) is 47.7. The first-order valence-corrected chi connectivity index (χ1v) is 25.8. The number of carbonyl (C=O) groups is 3. The third-order valence-electron chi connectivity index (χ3n) is 11.0. The van der Waals surface area contributed by atoms with Gasteiger partial charge in [0.25, 0.3) is 0 Å². The van der Waals surface area contributed by atoms with Crippen molar-refractivity contribution in [3.8, 4) is 0 Å². The van der Waals surface area contributed by atoms with Crippen molar-refractivity contribution in [2.75, 3.05) is 41.0 Å². The number of carboxylic acid groups (broad SMARTS) is 1. The predicted molar refractivity (Wildman–Crippen MR) is 272 cm³/mol. The Balaban J connectivity index is 4.33. The molecule has 8 nitrogen and oxygen atoms in total. The van der Waals surface area contributed by atoms with E-state index in [4.69, 9.17) is 14.2 Å². The molecule has 0 fully saturated rings. The Hall–Kier alpha value is -3.75. The summed E-state index contributed by atoms with van der Waals surface area (Å²) in [5.74, 6) is -1.79. The summed E-state index contributed by atoms with van der Waals surface area (Å²) in [5, 5.41) is 11.7. The lowest BCUT2D eigenvalue weighted by atomic mass is 10.1. The molecule has 0 rings (SSSR count). The van der Waals surface area contributed by atoms with Crippen molar-refractivity contribution in [2.24, 2.45) is 0 Å². The van der Waals surface area contributed by atoms with Crippen molar-refractivity contribution in [3.05, 3.63) is 97.2 Å². The number of carbonyl (C=O) groups excluding carboxylic acids is 3. The molecule has 8 heteroatoms. The number of ether oxygens (including phenoxy) is 3. The molecule has 0 aromatic carbocycles. The van der Waals surface area contributed by atoms with Crippen molar-refractivity contribution in [3.63, 3.8) is 0 Å². The Morgan fingerprint density at radius 3 is 1.29 bits per heavy atom. The second-order valence-electron chi connectivity index (χ2n) is 18.0. The largest absolute Gasteiger partial charge is 0.544 e. The van der Waals surface area contributed by atoms with Crippen LogP contribution in [0.2, 0.25) is 0 Å². The van der Waals surface area contributed by atoms with Crippen LogP contribution >= 0.6 is 0 Å². The number of aliphatic carboxylic acids is 1. The highest BCUT2D eigenvalue weighted by Gasteiger charge is 2.25. The number of hydrogen-bond acceptors (Lipinski definition) is 7. The van der Waals surface area contributed by atoms with Gasteiger partial charge in [-0.05, 0) is 96.3 Å². The Bertz CT molecular complexity index is 1380. The summed E-state index contributed by atoms with van der Waals surface area (Å²) in [4.78, 5) is 37.0. The number of allylic oxidation sites excluding steroid dienone is 16. The fourth-order valence-electron chi connectivity index (χ4n) is 6.99. The van der Waals surface area contributed by atoms with Gasteiger partial charge in [0.2, 0.25) is 0 Å². The van der Waals surface area contributed by atoms with Gasteiger partial charge in [0.1, 0.15) is 12.6 Å². The topological polar surface area (TPSA) is 102 Å². The van der Waals surface area contributed by atoms with Crippen molar-refractivity contribution in [1.29, 1.82) is 0 Å². The first-order valence-electron chi connectivity index (χ1n) is 25.8. The molecule has 0 saturated heterocycles. The van der Waals surface area contributed by atoms with E-state index in [-0.39, 0.29) is 49.1 Å². The maximum absolute atomic E-state index is 12.8.